The fourth-order valence-electron chi connectivity index (χ4n) is 2.57. The molecule has 0 amide bonds. The van der Waals surface area contributed by atoms with Gasteiger partial charge in [-0.2, -0.15) is 0 Å². The summed E-state index contributed by atoms with van der Waals surface area (Å²) in [6, 6.07) is 10.7. The zero-order valence-corrected chi connectivity index (χ0v) is 9.64. The molecule has 2 N–H and O–H groups in total. The monoisotopic (exact) mass is 212 g/mol. The molecule has 1 aliphatic rings. The summed E-state index contributed by atoms with van der Waals surface area (Å²) >= 11 is 0. The summed E-state index contributed by atoms with van der Waals surface area (Å²) in [5, 5.41) is 1.20. The first-order chi connectivity index (χ1) is 7.60. The second kappa shape index (κ2) is 3.05. The number of nitrogens with two attached hydrogens (primary N) is 1. The Balaban J connectivity index is 2.07. The van der Waals surface area contributed by atoms with E-state index in [1.165, 1.54) is 10.9 Å². The fourth-order valence-corrected chi connectivity index (χ4v) is 2.57. The smallest absolute Gasteiger partial charge is 0.0702 e. The number of rotatable bonds is 1. The van der Waals surface area contributed by atoms with E-state index in [0.717, 1.165) is 5.52 Å². The van der Waals surface area contributed by atoms with Gasteiger partial charge in [-0.15, -0.1) is 0 Å². The van der Waals surface area contributed by atoms with Crippen molar-refractivity contribution in [1.82, 2.24) is 4.98 Å². The minimum absolute atomic E-state index is 0.226. The van der Waals surface area contributed by atoms with Gasteiger partial charge in [0.1, 0.15) is 0 Å². The first kappa shape index (κ1) is 9.79. The minimum atomic E-state index is 0.226. The Morgan fingerprint density at radius 3 is 2.62 bits per heavy atom. The Kier molecular flexibility index (Phi) is 1.86. The van der Waals surface area contributed by atoms with E-state index in [9.17, 15) is 0 Å². The lowest BCUT2D eigenvalue weighted by Gasteiger charge is -2.04. The Morgan fingerprint density at radius 2 is 1.94 bits per heavy atom. The molecule has 2 aromatic rings. The Labute approximate surface area is 95.5 Å². The van der Waals surface area contributed by atoms with E-state index < -0.39 is 0 Å². The van der Waals surface area contributed by atoms with Gasteiger partial charge in [0, 0.05) is 23.5 Å². The van der Waals surface area contributed by atoms with E-state index in [0.29, 0.717) is 5.92 Å². The molecule has 1 aliphatic carbocycles. The van der Waals surface area contributed by atoms with Crippen LogP contribution >= 0.6 is 0 Å². The molecule has 1 fully saturated rings. The highest BCUT2D eigenvalue weighted by Gasteiger charge is 2.56. The van der Waals surface area contributed by atoms with Crippen LogP contribution in [-0.2, 0) is 0 Å². The van der Waals surface area contributed by atoms with Gasteiger partial charge in [0.15, 0.2) is 0 Å². The van der Waals surface area contributed by atoms with Crippen molar-refractivity contribution in [3.63, 3.8) is 0 Å². The molecule has 0 radical (unpaired) electrons. The predicted octanol–water partition coefficient (Wildman–Crippen LogP) is 2.69. The van der Waals surface area contributed by atoms with E-state index in [2.05, 4.69) is 31.0 Å². The minimum Gasteiger partial charge on any atom is -0.327 e. The maximum Gasteiger partial charge on any atom is 0.0702 e. The van der Waals surface area contributed by atoms with E-state index in [-0.39, 0.29) is 11.5 Å². The van der Waals surface area contributed by atoms with Crippen molar-refractivity contribution < 1.29 is 0 Å². The molecular formula is C14H16N2. The van der Waals surface area contributed by atoms with Crippen molar-refractivity contribution in [2.45, 2.75) is 25.8 Å². The molecule has 0 aliphatic heterocycles. The van der Waals surface area contributed by atoms with E-state index in [4.69, 9.17) is 5.73 Å². The van der Waals surface area contributed by atoms with Crippen LogP contribution in [0.4, 0.5) is 0 Å². The third-order valence-corrected chi connectivity index (χ3v) is 3.88. The number of pyridine rings is 1. The van der Waals surface area contributed by atoms with E-state index >= 15 is 0 Å². The Morgan fingerprint density at radius 1 is 1.25 bits per heavy atom. The summed E-state index contributed by atoms with van der Waals surface area (Å²) in [6.45, 7) is 4.44. The number of hydrogen-bond donors (Lipinski definition) is 1. The van der Waals surface area contributed by atoms with E-state index in [1.807, 2.05) is 24.4 Å². The summed E-state index contributed by atoms with van der Waals surface area (Å²) in [4.78, 5) is 4.49. The van der Waals surface area contributed by atoms with Crippen molar-refractivity contribution in [2.75, 3.05) is 0 Å². The van der Waals surface area contributed by atoms with Crippen molar-refractivity contribution in [3.8, 4) is 0 Å². The first-order valence-electron chi connectivity index (χ1n) is 5.71. The molecule has 1 saturated carbocycles. The summed E-state index contributed by atoms with van der Waals surface area (Å²) in [7, 11) is 0. The summed E-state index contributed by atoms with van der Waals surface area (Å²) in [5.74, 6) is 0.463. The molecule has 1 aromatic carbocycles. The second-order valence-corrected chi connectivity index (χ2v) is 5.29. The maximum atomic E-state index is 6.09. The van der Waals surface area contributed by atoms with Gasteiger partial charge in [0.05, 0.1) is 5.52 Å². The molecule has 0 unspecified atom stereocenters. The molecule has 16 heavy (non-hydrogen) atoms. The van der Waals surface area contributed by atoms with Crippen molar-refractivity contribution in [3.05, 3.63) is 42.1 Å². The average molecular weight is 212 g/mol. The van der Waals surface area contributed by atoms with Crippen LogP contribution in [0.2, 0.25) is 0 Å². The van der Waals surface area contributed by atoms with Crippen LogP contribution in [0.15, 0.2) is 36.5 Å². The molecule has 82 valence electrons. The molecular weight excluding hydrogens is 196 g/mol. The van der Waals surface area contributed by atoms with Gasteiger partial charge in [-0.25, -0.2) is 0 Å². The normalized spacial score (nSPS) is 26.9. The van der Waals surface area contributed by atoms with Gasteiger partial charge in [0.25, 0.3) is 0 Å². The molecule has 3 rings (SSSR count). The second-order valence-electron chi connectivity index (χ2n) is 5.29. The highest BCUT2D eigenvalue weighted by molar-refractivity contribution is 5.79. The fraction of sp³-hybridized carbons (Fsp3) is 0.357. The molecule has 1 aromatic heterocycles. The summed E-state index contributed by atoms with van der Waals surface area (Å²) in [5.41, 5.74) is 8.65. The third-order valence-electron chi connectivity index (χ3n) is 3.88. The largest absolute Gasteiger partial charge is 0.327 e. The van der Waals surface area contributed by atoms with Gasteiger partial charge < -0.3 is 5.73 Å². The Bertz CT molecular complexity index is 545. The predicted molar refractivity (Wildman–Crippen MR) is 66.2 cm³/mol. The van der Waals surface area contributed by atoms with Gasteiger partial charge >= 0.3 is 0 Å². The lowest BCUT2D eigenvalue weighted by Crippen LogP contribution is -2.06. The summed E-state index contributed by atoms with van der Waals surface area (Å²) < 4.78 is 0. The zero-order chi connectivity index (χ0) is 11.3. The molecule has 0 bridgehead atoms. The number of aromatic nitrogens is 1. The molecule has 2 nitrogen and oxygen atoms in total. The Hall–Kier alpha value is -1.41. The quantitative estimate of drug-likeness (QED) is 0.789. The van der Waals surface area contributed by atoms with Crippen LogP contribution in [0.3, 0.4) is 0 Å². The van der Waals surface area contributed by atoms with Gasteiger partial charge in [-0.05, 0) is 23.1 Å². The third kappa shape index (κ3) is 1.26. The lowest BCUT2D eigenvalue weighted by atomic mass is 10.0. The molecule has 1 heterocycles. The average Bonchev–Trinajstić information content (AvgIpc) is 2.78. The highest BCUT2D eigenvalue weighted by Crippen LogP contribution is 2.57. The number of fused-ring (bicyclic) bond motifs is 1. The van der Waals surface area contributed by atoms with Crippen LogP contribution in [0.5, 0.6) is 0 Å². The molecule has 0 spiro atoms. The van der Waals surface area contributed by atoms with Crippen LogP contribution in [-0.4, -0.2) is 11.0 Å². The molecule has 2 atom stereocenters. The number of hydrogen-bond acceptors (Lipinski definition) is 2. The lowest BCUT2D eigenvalue weighted by molar-refractivity contribution is 0.599. The SMILES string of the molecule is CC1(C)[C@@H](N)[C@@H]1c1cnc2ccccc2c1. The number of para-hydroxylation sites is 1. The molecule has 0 saturated heterocycles. The standard InChI is InChI=1S/C14H16N2/c1-14(2)12(13(14)15)10-7-9-5-3-4-6-11(9)16-8-10/h3-8,12-13H,15H2,1-2H3/t12-,13-/m0/s1. The van der Waals surface area contributed by atoms with Crippen molar-refractivity contribution in [1.29, 1.82) is 0 Å². The van der Waals surface area contributed by atoms with E-state index in [1.54, 1.807) is 0 Å². The van der Waals surface area contributed by atoms with Gasteiger partial charge in [-0.1, -0.05) is 32.0 Å². The van der Waals surface area contributed by atoms with Crippen molar-refractivity contribution >= 4 is 10.9 Å². The van der Waals surface area contributed by atoms with Gasteiger partial charge in [-0.3, -0.25) is 4.98 Å². The van der Waals surface area contributed by atoms with Crippen LogP contribution in [0.1, 0.15) is 25.3 Å². The maximum absolute atomic E-state index is 6.09. The van der Waals surface area contributed by atoms with Crippen LogP contribution in [0, 0.1) is 5.41 Å². The van der Waals surface area contributed by atoms with Crippen LogP contribution in [0.25, 0.3) is 10.9 Å². The van der Waals surface area contributed by atoms with Gasteiger partial charge in [0.2, 0.25) is 0 Å². The number of benzene rings is 1. The van der Waals surface area contributed by atoms with Crippen molar-refractivity contribution in [2.24, 2.45) is 11.1 Å². The topological polar surface area (TPSA) is 38.9 Å². The zero-order valence-electron chi connectivity index (χ0n) is 9.64. The number of nitrogens with zero attached hydrogens (tertiary/aromatic N) is 1. The highest BCUT2D eigenvalue weighted by atomic mass is 14.8. The van der Waals surface area contributed by atoms with Crippen LogP contribution < -0.4 is 5.73 Å². The first-order valence-corrected chi connectivity index (χ1v) is 5.71. The summed E-state index contributed by atoms with van der Waals surface area (Å²) in [6.07, 6.45) is 1.97. The molecule has 2 heteroatoms.